The number of hydrogen-bond donors (Lipinski definition) is 0. The van der Waals surface area contributed by atoms with Crippen LogP contribution in [0.1, 0.15) is 23.0 Å². The second-order valence-electron chi connectivity index (χ2n) is 7.36. The molecule has 0 bridgehead atoms. The molecule has 0 spiro atoms. The Morgan fingerprint density at radius 1 is 1.07 bits per heavy atom. The van der Waals surface area contributed by atoms with Gasteiger partial charge in [-0.25, -0.2) is 9.97 Å². The summed E-state index contributed by atoms with van der Waals surface area (Å²) in [5.41, 5.74) is 1.53. The molecule has 0 N–H and O–H groups in total. The normalized spacial score (nSPS) is 17.2. The van der Waals surface area contributed by atoms with Crippen molar-refractivity contribution in [2.75, 3.05) is 68.9 Å². The number of nitrogens with zero attached hydrogens (tertiary/aromatic N) is 6. The van der Waals surface area contributed by atoms with Gasteiger partial charge < -0.3 is 24.2 Å². The van der Waals surface area contributed by atoms with Crippen LogP contribution >= 0.6 is 0 Å². The fourth-order valence-electron chi connectivity index (χ4n) is 3.66. The number of aromatic nitrogens is 3. The number of aryl methyl sites for hydroxylation is 1. The zero-order chi connectivity index (χ0) is 20.9. The summed E-state index contributed by atoms with van der Waals surface area (Å²) in [7, 11) is 0. The Balaban J connectivity index is 1.39. The van der Waals surface area contributed by atoms with Crippen LogP contribution in [-0.4, -0.2) is 84.8 Å². The van der Waals surface area contributed by atoms with Crippen molar-refractivity contribution in [2.24, 2.45) is 0 Å². The highest BCUT2D eigenvalue weighted by Crippen LogP contribution is 2.20. The second-order valence-corrected chi connectivity index (χ2v) is 7.36. The summed E-state index contributed by atoms with van der Waals surface area (Å²) >= 11 is 0. The maximum Gasteiger partial charge on any atom is 0.255 e. The molecular weight excluding hydrogens is 384 g/mol. The highest BCUT2D eigenvalue weighted by atomic mass is 16.5. The third-order valence-electron chi connectivity index (χ3n) is 5.29. The number of anilines is 2. The molecule has 9 nitrogen and oxygen atoms in total. The summed E-state index contributed by atoms with van der Waals surface area (Å²) in [5.74, 6) is 2.21. The van der Waals surface area contributed by atoms with Gasteiger partial charge in [0.25, 0.3) is 5.91 Å². The van der Waals surface area contributed by atoms with Crippen molar-refractivity contribution < 1.29 is 14.3 Å². The molecule has 30 heavy (non-hydrogen) atoms. The average Bonchev–Trinajstić information content (AvgIpc) is 2.80. The number of carbonyl (C=O) groups is 1. The molecule has 2 aromatic rings. The fraction of sp³-hybridized carbons (Fsp3) is 0.524. The first-order chi connectivity index (χ1) is 14.6. The molecule has 0 aliphatic carbocycles. The molecule has 2 saturated heterocycles. The summed E-state index contributed by atoms with van der Waals surface area (Å²) in [6.07, 6.45) is 1.59. The molecular formula is C21H28N6O3. The zero-order valence-corrected chi connectivity index (χ0v) is 17.6. The van der Waals surface area contributed by atoms with Crippen LogP contribution in [0.4, 0.5) is 11.8 Å². The Labute approximate surface area is 176 Å². The lowest BCUT2D eigenvalue weighted by molar-refractivity contribution is 0.0746. The number of morpholine rings is 1. The number of ether oxygens (including phenoxy) is 2. The molecule has 0 aromatic carbocycles. The maximum absolute atomic E-state index is 12.8. The van der Waals surface area contributed by atoms with E-state index in [-0.39, 0.29) is 5.91 Å². The Morgan fingerprint density at radius 3 is 2.50 bits per heavy atom. The van der Waals surface area contributed by atoms with Gasteiger partial charge in [0, 0.05) is 63.3 Å². The van der Waals surface area contributed by atoms with Crippen LogP contribution < -0.4 is 14.5 Å². The number of pyridine rings is 1. The van der Waals surface area contributed by atoms with Crippen LogP contribution in [0.2, 0.25) is 0 Å². The third kappa shape index (κ3) is 4.62. The average molecular weight is 412 g/mol. The van der Waals surface area contributed by atoms with E-state index in [1.165, 1.54) is 0 Å². The van der Waals surface area contributed by atoms with Gasteiger partial charge in [-0.05, 0) is 19.9 Å². The van der Waals surface area contributed by atoms with E-state index in [4.69, 9.17) is 14.5 Å². The quantitative estimate of drug-likeness (QED) is 0.728. The Hall–Kier alpha value is -2.94. The Bertz CT molecular complexity index is 862. The minimum Gasteiger partial charge on any atom is -0.478 e. The molecule has 2 aromatic heterocycles. The van der Waals surface area contributed by atoms with Gasteiger partial charge in [-0.3, -0.25) is 4.79 Å². The summed E-state index contributed by atoms with van der Waals surface area (Å²) in [5, 5.41) is 0. The van der Waals surface area contributed by atoms with Crippen molar-refractivity contribution in [2.45, 2.75) is 13.8 Å². The van der Waals surface area contributed by atoms with E-state index >= 15 is 0 Å². The zero-order valence-electron chi connectivity index (χ0n) is 17.6. The lowest BCUT2D eigenvalue weighted by atomic mass is 10.2. The molecule has 0 unspecified atom stereocenters. The minimum absolute atomic E-state index is 0.00178. The summed E-state index contributed by atoms with van der Waals surface area (Å²) in [6.45, 7) is 10.2. The van der Waals surface area contributed by atoms with Gasteiger partial charge in [-0.15, -0.1) is 0 Å². The van der Waals surface area contributed by atoms with Crippen molar-refractivity contribution in [3.63, 3.8) is 0 Å². The first-order valence-electron chi connectivity index (χ1n) is 10.5. The summed E-state index contributed by atoms with van der Waals surface area (Å²) in [6, 6.07) is 5.52. The standard InChI is InChI=1S/C21H28N6O3/c1-3-30-19-5-4-17(15-22-19)20(28)26-8-6-25(7-9-26)18-14-16(2)23-21(24-18)27-10-12-29-13-11-27/h4-5,14-15H,3,6-13H2,1-2H3. The molecule has 0 radical (unpaired) electrons. The molecule has 160 valence electrons. The first kappa shape index (κ1) is 20.3. The van der Waals surface area contributed by atoms with Gasteiger partial charge in [-0.1, -0.05) is 0 Å². The highest BCUT2D eigenvalue weighted by Gasteiger charge is 2.24. The van der Waals surface area contributed by atoms with Crippen LogP contribution in [0.3, 0.4) is 0 Å². The predicted octanol–water partition coefficient (Wildman–Crippen LogP) is 1.38. The van der Waals surface area contributed by atoms with Crippen molar-refractivity contribution in [1.29, 1.82) is 0 Å². The SMILES string of the molecule is CCOc1ccc(C(=O)N2CCN(c3cc(C)nc(N4CCOCC4)n3)CC2)cn1. The molecule has 4 rings (SSSR count). The summed E-state index contributed by atoms with van der Waals surface area (Å²) in [4.78, 5) is 32.7. The first-order valence-corrected chi connectivity index (χ1v) is 10.5. The Kier molecular flexibility index (Phi) is 6.27. The van der Waals surface area contributed by atoms with E-state index < -0.39 is 0 Å². The van der Waals surface area contributed by atoms with Gasteiger partial charge in [0.05, 0.1) is 25.4 Å². The van der Waals surface area contributed by atoms with Crippen LogP contribution in [-0.2, 0) is 4.74 Å². The van der Waals surface area contributed by atoms with Crippen LogP contribution in [0.25, 0.3) is 0 Å². The number of carbonyl (C=O) groups excluding carboxylic acids is 1. The van der Waals surface area contributed by atoms with Crippen LogP contribution in [0, 0.1) is 6.92 Å². The predicted molar refractivity (Wildman–Crippen MR) is 113 cm³/mol. The molecule has 0 atom stereocenters. The van der Waals surface area contributed by atoms with Crippen LogP contribution in [0.5, 0.6) is 5.88 Å². The second kappa shape index (κ2) is 9.25. The molecule has 2 aliphatic heterocycles. The van der Waals surface area contributed by atoms with E-state index in [1.54, 1.807) is 18.3 Å². The van der Waals surface area contributed by atoms with Gasteiger partial charge in [0.15, 0.2) is 0 Å². The van der Waals surface area contributed by atoms with Crippen LogP contribution in [0.15, 0.2) is 24.4 Å². The number of rotatable bonds is 5. The molecule has 4 heterocycles. The Morgan fingerprint density at radius 2 is 1.83 bits per heavy atom. The van der Waals surface area contributed by atoms with E-state index in [0.29, 0.717) is 44.4 Å². The lowest BCUT2D eigenvalue weighted by Gasteiger charge is -2.36. The van der Waals surface area contributed by atoms with Crippen molar-refractivity contribution in [1.82, 2.24) is 19.9 Å². The lowest BCUT2D eigenvalue weighted by Crippen LogP contribution is -2.49. The molecule has 2 fully saturated rings. The maximum atomic E-state index is 12.8. The monoisotopic (exact) mass is 412 g/mol. The molecule has 2 aliphatic rings. The van der Waals surface area contributed by atoms with E-state index in [2.05, 4.69) is 19.8 Å². The number of hydrogen-bond acceptors (Lipinski definition) is 8. The summed E-state index contributed by atoms with van der Waals surface area (Å²) < 4.78 is 10.8. The van der Waals surface area contributed by atoms with E-state index in [9.17, 15) is 4.79 Å². The minimum atomic E-state index is -0.00178. The fourth-order valence-corrected chi connectivity index (χ4v) is 3.66. The van der Waals surface area contributed by atoms with E-state index in [1.807, 2.05) is 24.8 Å². The number of amides is 1. The molecule has 9 heteroatoms. The number of piperazine rings is 1. The van der Waals surface area contributed by atoms with Crippen molar-refractivity contribution in [3.05, 3.63) is 35.7 Å². The van der Waals surface area contributed by atoms with Crippen molar-refractivity contribution in [3.8, 4) is 5.88 Å². The van der Waals surface area contributed by atoms with E-state index in [0.717, 1.165) is 43.6 Å². The smallest absolute Gasteiger partial charge is 0.255 e. The van der Waals surface area contributed by atoms with Crippen molar-refractivity contribution >= 4 is 17.7 Å². The topological polar surface area (TPSA) is 83.9 Å². The molecule has 0 saturated carbocycles. The molecule has 1 amide bonds. The third-order valence-corrected chi connectivity index (χ3v) is 5.29. The van der Waals surface area contributed by atoms with Gasteiger partial charge in [0.1, 0.15) is 5.82 Å². The van der Waals surface area contributed by atoms with Gasteiger partial charge in [0.2, 0.25) is 11.8 Å². The largest absolute Gasteiger partial charge is 0.478 e. The highest BCUT2D eigenvalue weighted by molar-refractivity contribution is 5.94. The van der Waals surface area contributed by atoms with Gasteiger partial charge >= 0.3 is 0 Å². The van der Waals surface area contributed by atoms with Gasteiger partial charge in [-0.2, -0.15) is 4.98 Å².